The second kappa shape index (κ2) is 6.41. The lowest BCUT2D eigenvalue weighted by Crippen LogP contribution is -2.28. The lowest BCUT2D eigenvalue weighted by molar-refractivity contribution is -0.116. The molecule has 6 heteroatoms. The van der Waals surface area contributed by atoms with E-state index >= 15 is 0 Å². The molecule has 1 aromatic rings. The molecule has 0 bridgehead atoms. The molecule has 1 atom stereocenters. The molecule has 1 amide bonds. The van der Waals surface area contributed by atoms with Gasteiger partial charge in [0.2, 0.25) is 5.91 Å². The van der Waals surface area contributed by atoms with Crippen LogP contribution in [0.15, 0.2) is 30.3 Å². The Bertz CT molecular complexity index is 608. The fourth-order valence-electron chi connectivity index (χ4n) is 2.08. The molecule has 0 aromatic heterocycles. The number of hydrogen-bond acceptors (Lipinski definition) is 3. The summed E-state index contributed by atoms with van der Waals surface area (Å²) in [4.78, 5) is 11.6. The lowest BCUT2D eigenvalue weighted by Gasteiger charge is -2.07. The number of amides is 1. The van der Waals surface area contributed by atoms with Crippen molar-refractivity contribution in [3.63, 3.8) is 0 Å². The molecule has 0 aliphatic carbocycles. The van der Waals surface area contributed by atoms with Crippen molar-refractivity contribution in [1.82, 2.24) is 5.32 Å². The predicted octanol–water partition coefficient (Wildman–Crippen LogP) is 1.90. The minimum Gasteiger partial charge on any atom is -0.352 e. The number of hydrogen-bond donors (Lipinski definition) is 1. The van der Waals surface area contributed by atoms with Crippen LogP contribution in [0.4, 0.5) is 0 Å². The number of rotatable bonds is 4. The monoisotopic (exact) mass is 313 g/mol. The van der Waals surface area contributed by atoms with E-state index < -0.39 is 9.84 Å². The Morgan fingerprint density at radius 1 is 1.35 bits per heavy atom. The van der Waals surface area contributed by atoms with Crippen LogP contribution in [0.5, 0.6) is 0 Å². The first-order valence-corrected chi connectivity index (χ1v) is 8.56. The predicted molar refractivity (Wildman–Crippen MR) is 80.3 cm³/mol. The number of halogens is 1. The van der Waals surface area contributed by atoms with E-state index in [9.17, 15) is 13.2 Å². The van der Waals surface area contributed by atoms with Crippen molar-refractivity contribution in [2.45, 2.75) is 6.42 Å². The van der Waals surface area contributed by atoms with Gasteiger partial charge in [-0.2, -0.15) is 0 Å². The molecule has 1 aliphatic heterocycles. The zero-order valence-electron chi connectivity index (χ0n) is 10.9. The standard InChI is InChI=1S/C14H16ClNO3S/c15-13-4-1-11(2-5-13)3-6-14(17)16-9-12-7-8-20(18,19)10-12/h1-6,12H,7-10H2,(H,16,17). The first-order valence-electron chi connectivity index (χ1n) is 6.36. The Labute approximate surface area is 123 Å². The fourth-order valence-corrected chi connectivity index (χ4v) is 4.07. The summed E-state index contributed by atoms with van der Waals surface area (Å²) >= 11 is 5.77. The first-order chi connectivity index (χ1) is 9.44. The van der Waals surface area contributed by atoms with Crippen molar-refractivity contribution in [3.05, 3.63) is 40.9 Å². The van der Waals surface area contributed by atoms with Gasteiger partial charge in [-0.3, -0.25) is 4.79 Å². The summed E-state index contributed by atoms with van der Waals surface area (Å²) in [6.07, 6.45) is 3.76. The maximum Gasteiger partial charge on any atom is 0.244 e. The molecule has 1 aliphatic rings. The van der Waals surface area contributed by atoms with Crippen LogP contribution in [0.25, 0.3) is 6.08 Å². The van der Waals surface area contributed by atoms with Gasteiger partial charge in [-0.05, 0) is 36.1 Å². The van der Waals surface area contributed by atoms with Crippen LogP contribution >= 0.6 is 11.6 Å². The van der Waals surface area contributed by atoms with Gasteiger partial charge in [0.1, 0.15) is 0 Å². The van der Waals surface area contributed by atoms with Crippen molar-refractivity contribution in [2.24, 2.45) is 5.92 Å². The molecule has 20 heavy (non-hydrogen) atoms. The summed E-state index contributed by atoms with van der Waals surface area (Å²) in [5.41, 5.74) is 0.882. The van der Waals surface area contributed by atoms with E-state index in [1.165, 1.54) is 6.08 Å². The third-order valence-corrected chi connectivity index (χ3v) is 5.28. The third kappa shape index (κ3) is 4.65. The van der Waals surface area contributed by atoms with Crippen LogP contribution in [0.1, 0.15) is 12.0 Å². The largest absolute Gasteiger partial charge is 0.352 e. The van der Waals surface area contributed by atoms with Crippen LogP contribution in [-0.4, -0.2) is 32.4 Å². The van der Waals surface area contributed by atoms with Gasteiger partial charge >= 0.3 is 0 Å². The van der Waals surface area contributed by atoms with Gasteiger partial charge in [-0.1, -0.05) is 23.7 Å². The summed E-state index contributed by atoms with van der Waals surface area (Å²) in [5, 5.41) is 3.38. The van der Waals surface area contributed by atoms with Gasteiger partial charge in [0.15, 0.2) is 9.84 Å². The highest BCUT2D eigenvalue weighted by molar-refractivity contribution is 7.91. The van der Waals surface area contributed by atoms with Crippen LogP contribution in [0.3, 0.4) is 0 Å². The van der Waals surface area contributed by atoms with Gasteiger partial charge in [-0.25, -0.2) is 8.42 Å². The summed E-state index contributed by atoms with van der Waals surface area (Å²) in [7, 11) is -2.88. The van der Waals surface area contributed by atoms with E-state index in [0.29, 0.717) is 18.0 Å². The van der Waals surface area contributed by atoms with Gasteiger partial charge < -0.3 is 5.32 Å². The molecule has 108 valence electrons. The number of nitrogens with one attached hydrogen (secondary N) is 1. The molecule has 1 aromatic carbocycles. The highest BCUT2D eigenvalue weighted by Gasteiger charge is 2.27. The first kappa shape index (κ1) is 15.1. The number of carbonyl (C=O) groups is 1. The Kier molecular flexibility index (Phi) is 4.83. The summed E-state index contributed by atoms with van der Waals surface area (Å²) in [6.45, 7) is 0.406. The Morgan fingerprint density at radius 3 is 2.65 bits per heavy atom. The lowest BCUT2D eigenvalue weighted by atomic mass is 10.1. The molecule has 0 saturated carbocycles. The number of benzene rings is 1. The topological polar surface area (TPSA) is 63.2 Å². The molecule has 1 N–H and O–H groups in total. The SMILES string of the molecule is O=C(C=Cc1ccc(Cl)cc1)NCC1CCS(=O)(=O)C1. The molecule has 0 radical (unpaired) electrons. The van der Waals surface area contributed by atoms with Crippen molar-refractivity contribution < 1.29 is 13.2 Å². The molecule has 1 heterocycles. The molecule has 1 saturated heterocycles. The normalized spacial score (nSPS) is 21.1. The van der Waals surface area contributed by atoms with E-state index in [4.69, 9.17) is 11.6 Å². The molecule has 0 spiro atoms. The molecule has 4 nitrogen and oxygen atoms in total. The van der Waals surface area contributed by atoms with Crippen LogP contribution < -0.4 is 5.32 Å². The minimum absolute atomic E-state index is 0.0351. The van der Waals surface area contributed by atoms with Crippen LogP contribution in [-0.2, 0) is 14.6 Å². The van der Waals surface area contributed by atoms with Gasteiger partial charge in [0, 0.05) is 17.6 Å². The second-order valence-electron chi connectivity index (χ2n) is 4.90. The zero-order valence-corrected chi connectivity index (χ0v) is 12.5. The summed E-state index contributed by atoms with van der Waals surface area (Å²) in [6, 6.07) is 7.14. The molecular weight excluding hydrogens is 298 g/mol. The maximum atomic E-state index is 11.6. The molecule has 1 fully saturated rings. The van der Waals surface area contributed by atoms with Gasteiger partial charge in [0.05, 0.1) is 11.5 Å². The molecule has 2 rings (SSSR count). The van der Waals surface area contributed by atoms with Crippen molar-refractivity contribution in [3.8, 4) is 0 Å². The third-order valence-electron chi connectivity index (χ3n) is 3.19. The molecular formula is C14H16ClNO3S. The van der Waals surface area contributed by atoms with Crippen molar-refractivity contribution >= 4 is 33.4 Å². The van der Waals surface area contributed by atoms with Gasteiger partial charge in [-0.15, -0.1) is 0 Å². The van der Waals surface area contributed by atoms with E-state index in [1.807, 2.05) is 12.1 Å². The van der Waals surface area contributed by atoms with Crippen molar-refractivity contribution in [1.29, 1.82) is 0 Å². The minimum atomic E-state index is -2.88. The Morgan fingerprint density at radius 2 is 2.05 bits per heavy atom. The average Bonchev–Trinajstić information content (AvgIpc) is 2.75. The van der Waals surface area contributed by atoms with E-state index in [2.05, 4.69) is 5.32 Å². The number of sulfone groups is 1. The highest BCUT2D eigenvalue weighted by atomic mass is 35.5. The zero-order chi connectivity index (χ0) is 14.6. The van der Waals surface area contributed by atoms with E-state index in [-0.39, 0.29) is 23.3 Å². The molecule has 1 unspecified atom stereocenters. The Hall–Kier alpha value is -1.33. The van der Waals surface area contributed by atoms with Crippen LogP contribution in [0.2, 0.25) is 5.02 Å². The summed E-state index contributed by atoms with van der Waals surface area (Å²) in [5.74, 6) is 0.222. The van der Waals surface area contributed by atoms with Gasteiger partial charge in [0.25, 0.3) is 0 Å². The second-order valence-corrected chi connectivity index (χ2v) is 7.56. The Balaban J connectivity index is 1.79. The smallest absolute Gasteiger partial charge is 0.244 e. The quantitative estimate of drug-likeness (QED) is 0.864. The van der Waals surface area contributed by atoms with Crippen molar-refractivity contribution in [2.75, 3.05) is 18.1 Å². The fraction of sp³-hybridized carbons (Fsp3) is 0.357. The van der Waals surface area contributed by atoms with E-state index in [0.717, 1.165) is 5.56 Å². The highest BCUT2D eigenvalue weighted by Crippen LogP contribution is 2.17. The average molecular weight is 314 g/mol. The maximum absolute atomic E-state index is 11.6. The number of carbonyl (C=O) groups excluding carboxylic acids is 1. The summed E-state index contributed by atoms with van der Waals surface area (Å²) < 4.78 is 22.6. The van der Waals surface area contributed by atoms with Crippen LogP contribution in [0, 0.1) is 5.92 Å². The van der Waals surface area contributed by atoms with E-state index in [1.54, 1.807) is 18.2 Å².